The van der Waals surface area contributed by atoms with Crippen molar-refractivity contribution in [2.24, 2.45) is 5.92 Å². The quantitative estimate of drug-likeness (QED) is 0.803. The Labute approximate surface area is 96.5 Å². The summed E-state index contributed by atoms with van der Waals surface area (Å²) < 4.78 is 0. The van der Waals surface area contributed by atoms with Gasteiger partial charge in [0.1, 0.15) is 0 Å². The topological polar surface area (TPSA) is 28.2 Å². The molecule has 0 saturated carbocycles. The van der Waals surface area contributed by atoms with E-state index in [2.05, 4.69) is 41.5 Å². The molecule has 1 aromatic heterocycles. The number of hydrogen-bond donors (Lipinski definition) is 1. The molecule has 1 heterocycles. The van der Waals surface area contributed by atoms with Crippen LogP contribution < -0.4 is 5.32 Å². The van der Waals surface area contributed by atoms with Crippen LogP contribution in [-0.2, 0) is 6.54 Å². The highest BCUT2D eigenvalue weighted by Gasteiger charge is 2.16. The summed E-state index contributed by atoms with van der Waals surface area (Å²) in [7, 11) is 4.17. The number of aromatic nitrogens is 1. The number of nitrogens with one attached hydrogen (secondary N) is 1. The zero-order valence-corrected chi connectivity index (χ0v) is 10.8. The molecule has 0 aromatic carbocycles. The third-order valence-corrected chi connectivity index (χ3v) is 3.58. The first-order valence-corrected chi connectivity index (χ1v) is 6.31. The maximum absolute atomic E-state index is 4.31. The predicted octanol–water partition coefficient (Wildman–Crippen LogP) is 1.82. The lowest BCUT2D eigenvalue weighted by Crippen LogP contribution is -2.37. The van der Waals surface area contributed by atoms with E-state index in [9.17, 15) is 0 Å². The molecule has 0 aliphatic rings. The van der Waals surface area contributed by atoms with Crippen molar-refractivity contribution in [3.63, 3.8) is 0 Å². The molecule has 0 fully saturated rings. The van der Waals surface area contributed by atoms with E-state index in [1.165, 1.54) is 5.69 Å². The fourth-order valence-corrected chi connectivity index (χ4v) is 2.19. The van der Waals surface area contributed by atoms with Crippen LogP contribution in [0.2, 0.25) is 0 Å². The highest BCUT2D eigenvalue weighted by atomic mass is 32.1. The Bertz CT molecular complexity index is 261. The summed E-state index contributed by atoms with van der Waals surface area (Å²) in [5, 5.41) is 5.34. The van der Waals surface area contributed by atoms with E-state index < -0.39 is 0 Å². The van der Waals surface area contributed by atoms with Crippen molar-refractivity contribution in [1.29, 1.82) is 0 Å². The van der Waals surface area contributed by atoms with E-state index in [4.69, 9.17) is 0 Å². The summed E-state index contributed by atoms with van der Waals surface area (Å²) in [6.45, 7) is 6.55. The molecule has 0 saturated heterocycles. The van der Waals surface area contributed by atoms with Gasteiger partial charge in [-0.3, -0.25) is 4.90 Å². The SMILES string of the molecule is CNCC(C)C(C)N(C)Cc1cscn1. The zero-order valence-electron chi connectivity index (χ0n) is 10.0. The molecule has 2 atom stereocenters. The minimum absolute atomic E-state index is 0.569. The molecular formula is C11H21N3S. The minimum atomic E-state index is 0.569. The average Bonchev–Trinajstić information content (AvgIpc) is 2.69. The smallest absolute Gasteiger partial charge is 0.0795 e. The molecule has 1 aromatic rings. The second-order valence-corrected chi connectivity index (χ2v) is 4.89. The van der Waals surface area contributed by atoms with Crippen LogP contribution in [0.4, 0.5) is 0 Å². The van der Waals surface area contributed by atoms with Gasteiger partial charge in [0.05, 0.1) is 11.2 Å². The van der Waals surface area contributed by atoms with Gasteiger partial charge in [-0.05, 0) is 33.5 Å². The molecule has 0 aliphatic carbocycles. The van der Waals surface area contributed by atoms with Crippen LogP contribution in [0.15, 0.2) is 10.9 Å². The lowest BCUT2D eigenvalue weighted by molar-refractivity contribution is 0.188. The Morgan fingerprint density at radius 3 is 2.80 bits per heavy atom. The van der Waals surface area contributed by atoms with Gasteiger partial charge in [-0.1, -0.05) is 6.92 Å². The van der Waals surface area contributed by atoms with Crippen LogP contribution in [0, 0.1) is 5.92 Å². The molecule has 0 radical (unpaired) electrons. The van der Waals surface area contributed by atoms with Crippen molar-refractivity contribution in [2.45, 2.75) is 26.4 Å². The summed E-state index contributed by atoms with van der Waals surface area (Å²) >= 11 is 1.66. The van der Waals surface area contributed by atoms with Crippen LogP contribution in [0.3, 0.4) is 0 Å². The molecule has 2 unspecified atom stereocenters. The van der Waals surface area contributed by atoms with Crippen LogP contribution in [0.25, 0.3) is 0 Å². The molecule has 0 bridgehead atoms. The lowest BCUT2D eigenvalue weighted by atomic mass is 10.0. The van der Waals surface area contributed by atoms with Crippen molar-refractivity contribution in [1.82, 2.24) is 15.2 Å². The van der Waals surface area contributed by atoms with Crippen molar-refractivity contribution in [3.05, 3.63) is 16.6 Å². The summed E-state index contributed by atoms with van der Waals surface area (Å²) in [6, 6.07) is 0.569. The Morgan fingerprint density at radius 2 is 2.27 bits per heavy atom. The van der Waals surface area contributed by atoms with Crippen molar-refractivity contribution >= 4 is 11.3 Å². The molecule has 86 valence electrons. The monoisotopic (exact) mass is 227 g/mol. The molecule has 15 heavy (non-hydrogen) atoms. The van der Waals surface area contributed by atoms with E-state index in [1.54, 1.807) is 11.3 Å². The van der Waals surface area contributed by atoms with Gasteiger partial charge in [0.2, 0.25) is 0 Å². The lowest BCUT2D eigenvalue weighted by Gasteiger charge is -2.29. The zero-order chi connectivity index (χ0) is 11.3. The maximum Gasteiger partial charge on any atom is 0.0795 e. The van der Waals surface area contributed by atoms with Crippen LogP contribution in [0.1, 0.15) is 19.5 Å². The van der Waals surface area contributed by atoms with Crippen LogP contribution >= 0.6 is 11.3 Å². The van der Waals surface area contributed by atoms with E-state index >= 15 is 0 Å². The number of nitrogens with zero attached hydrogens (tertiary/aromatic N) is 2. The Hall–Kier alpha value is -0.450. The first kappa shape index (κ1) is 12.6. The van der Waals surface area contributed by atoms with Crippen molar-refractivity contribution < 1.29 is 0 Å². The van der Waals surface area contributed by atoms with Gasteiger partial charge >= 0.3 is 0 Å². The van der Waals surface area contributed by atoms with Crippen LogP contribution in [0.5, 0.6) is 0 Å². The molecule has 4 heteroatoms. The van der Waals surface area contributed by atoms with Gasteiger partial charge < -0.3 is 5.32 Å². The standard InChI is InChI=1S/C11H21N3S/c1-9(5-12-3)10(2)14(4)6-11-7-15-8-13-11/h7-10,12H,5-6H2,1-4H3. The fourth-order valence-electron chi connectivity index (χ4n) is 1.64. The maximum atomic E-state index is 4.31. The third-order valence-electron chi connectivity index (χ3n) is 2.94. The second kappa shape index (κ2) is 6.20. The van der Waals surface area contributed by atoms with E-state index in [1.807, 2.05) is 12.6 Å². The highest BCUT2D eigenvalue weighted by molar-refractivity contribution is 7.07. The Kier molecular flexibility index (Phi) is 5.22. The molecule has 1 rings (SSSR count). The first-order chi connectivity index (χ1) is 7.15. The minimum Gasteiger partial charge on any atom is -0.319 e. The third kappa shape index (κ3) is 3.89. The average molecular weight is 227 g/mol. The van der Waals surface area contributed by atoms with Gasteiger partial charge in [-0.2, -0.15) is 0 Å². The van der Waals surface area contributed by atoms with Crippen molar-refractivity contribution in [2.75, 3.05) is 20.6 Å². The van der Waals surface area contributed by atoms with Crippen molar-refractivity contribution in [3.8, 4) is 0 Å². The summed E-state index contributed by atoms with van der Waals surface area (Å²) in [4.78, 5) is 6.66. The van der Waals surface area contributed by atoms with Gasteiger partial charge in [-0.15, -0.1) is 11.3 Å². The van der Waals surface area contributed by atoms with E-state index in [0.717, 1.165) is 13.1 Å². The summed E-state index contributed by atoms with van der Waals surface area (Å²) in [5.41, 5.74) is 3.07. The highest BCUT2D eigenvalue weighted by Crippen LogP contribution is 2.12. The number of thiazole rings is 1. The Morgan fingerprint density at radius 1 is 1.53 bits per heavy atom. The molecule has 0 amide bonds. The van der Waals surface area contributed by atoms with E-state index in [0.29, 0.717) is 12.0 Å². The number of rotatable bonds is 6. The summed E-state index contributed by atoms with van der Waals surface area (Å²) in [6.07, 6.45) is 0. The first-order valence-electron chi connectivity index (χ1n) is 5.37. The van der Waals surface area contributed by atoms with Gasteiger partial charge in [0.25, 0.3) is 0 Å². The van der Waals surface area contributed by atoms with Gasteiger partial charge in [0.15, 0.2) is 0 Å². The number of hydrogen-bond acceptors (Lipinski definition) is 4. The normalized spacial score (nSPS) is 15.5. The summed E-state index contributed by atoms with van der Waals surface area (Å²) in [5.74, 6) is 0.652. The molecule has 3 nitrogen and oxygen atoms in total. The molecule has 0 spiro atoms. The predicted molar refractivity (Wildman–Crippen MR) is 66.1 cm³/mol. The van der Waals surface area contributed by atoms with Gasteiger partial charge in [-0.25, -0.2) is 4.98 Å². The molecule has 0 aliphatic heterocycles. The second-order valence-electron chi connectivity index (χ2n) is 4.17. The van der Waals surface area contributed by atoms with E-state index in [-0.39, 0.29) is 0 Å². The molecular weight excluding hydrogens is 206 g/mol. The fraction of sp³-hybridized carbons (Fsp3) is 0.727. The largest absolute Gasteiger partial charge is 0.319 e. The molecule has 1 N–H and O–H groups in total. The van der Waals surface area contributed by atoms with Gasteiger partial charge in [0, 0.05) is 18.0 Å². The Balaban J connectivity index is 2.42. The van der Waals surface area contributed by atoms with Crippen LogP contribution in [-0.4, -0.2) is 36.6 Å².